The number of para-hydroxylation sites is 1. The number of nitrogens with zero attached hydrogens (tertiary/aromatic N) is 4. The highest BCUT2D eigenvalue weighted by Gasteiger charge is 2.30. The van der Waals surface area contributed by atoms with Crippen molar-refractivity contribution in [2.45, 2.75) is 25.8 Å². The van der Waals surface area contributed by atoms with Gasteiger partial charge in [-0.05, 0) is 55.8 Å². The van der Waals surface area contributed by atoms with Crippen LogP contribution in [0.3, 0.4) is 0 Å². The Bertz CT molecular complexity index is 934. The largest absolute Gasteiger partial charge is 0.497 e. The van der Waals surface area contributed by atoms with E-state index in [9.17, 15) is 9.59 Å². The molecular weight excluding hydrogens is 428 g/mol. The summed E-state index contributed by atoms with van der Waals surface area (Å²) in [4.78, 5) is 35.2. The zero-order chi connectivity index (χ0) is 23.9. The normalized spacial score (nSPS) is 18.0. The van der Waals surface area contributed by atoms with E-state index in [1.807, 2.05) is 35.2 Å². The number of carbonyl (C=O) groups is 2. The number of methoxy groups -OCH3 is 1. The summed E-state index contributed by atoms with van der Waals surface area (Å²) in [5, 5.41) is 0. The predicted molar refractivity (Wildman–Crippen MR) is 134 cm³/mol. The van der Waals surface area contributed by atoms with Crippen molar-refractivity contribution in [2.75, 3.05) is 64.4 Å². The topological polar surface area (TPSA) is 56.3 Å². The second-order valence-corrected chi connectivity index (χ2v) is 9.04. The van der Waals surface area contributed by atoms with E-state index in [0.717, 1.165) is 64.3 Å². The second kappa shape index (κ2) is 11.5. The summed E-state index contributed by atoms with van der Waals surface area (Å²) in [5.74, 6) is 0.503. The van der Waals surface area contributed by atoms with Crippen LogP contribution < -0.4 is 9.64 Å². The zero-order valence-corrected chi connectivity index (χ0v) is 20.4. The summed E-state index contributed by atoms with van der Waals surface area (Å²) >= 11 is 0. The summed E-state index contributed by atoms with van der Waals surface area (Å²) in [7, 11) is 1.60. The molecule has 0 bridgehead atoms. The molecule has 7 nitrogen and oxygen atoms in total. The van der Waals surface area contributed by atoms with Crippen molar-refractivity contribution in [3.63, 3.8) is 0 Å². The van der Waals surface area contributed by atoms with Gasteiger partial charge in [0, 0.05) is 56.6 Å². The molecule has 7 heteroatoms. The second-order valence-electron chi connectivity index (χ2n) is 9.04. The number of piperazine rings is 1. The van der Waals surface area contributed by atoms with Gasteiger partial charge in [-0.3, -0.25) is 19.4 Å². The standard InChI is InChI=1S/C27H36N4O3/c1-3-28-17-19-29(20-18-28)23-13-15-30(16-14-23)26(32)21-31(24-7-5-4-6-8-24)27(33)22-9-11-25(34-2)12-10-22/h4-12,23H,3,13-21H2,1-2H3. The zero-order valence-electron chi connectivity index (χ0n) is 20.4. The number of hydrogen-bond acceptors (Lipinski definition) is 5. The number of ether oxygens (including phenoxy) is 1. The van der Waals surface area contributed by atoms with Gasteiger partial charge in [-0.25, -0.2) is 0 Å². The molecule has 0 radical (unpaired) electrons. The molecule has 4 rings (SSSR count). The van der Waals surface area contributed by atoms with Crippen molar-refractivity contribution < 1.29 is 14.3 Å². The number of benzene rings is 2. The third-order valence-corrected chi connectivity index (χ3v) is 7.13. The minimum absolute atomic E-state index is 0.0000305. The fourth-order valence-corrected chi connectivity index (χ4v) is 4.94. The summed E-state index contributed by atoms with van der Waals surface area (Å²) in [5.41, 5.74) is 1.25. The smallest absolute Gasteiger partial charge is 0.258 e. The maximum Gasteiger partial charge on any atom is 0.258 e. The fraction of sp³-hybridized carbons (Fsp3) is 0.481. The molecule has 0 saturated carbocycles. The van der Waals surface area contributed by atoms with Crippen LogP contribution in [-0.2, 0) is 4.79 Å². The number of piperidine rings is 1. The van der Waals surface area contributed by atoms with Gasteiger partial charge in [0.25, 0.3) is 5.91 Å². The van der Waals surface area contributed by atoms with Crippen LogP contribution in [0.2, 0.25) is 0 Å². The number of likely N-dealkylation sites (tertiary alicyclic amines) is 1. The average molecular weight is 465 g/mol. The molecule has 182 valence electrons. The Morgan fingerprint density at radius 1 is 0.912 bits per heavy atom. The Kier molecular flexibility index (Phi) is 8.19. The van der Waals surface area contributed by atoms with Crippen molar-refractivity contribution in [3.05, 3.63) is 60.2 Å². The molecule has 2 aliphatic heterocycles. The van der Waals surface area contributed by atoms with E-state index in [1.54, 1.807) is 36.3 Å². The molecule has 2 saturated heterocycles. The Balaban J connectivity index is 1.39. The van der Waals surface area contributed by atoms with Gasteiger partial charge in [0.05, 0.1) is 7.11 Å². The van der Waals surface area contributed by atoms with Crippen LogP contribution in [0.5, 0.6) is 5.75 Å². The molecule has 0 spiro atoms. The van der Waals surface area contributed by atoms with Crippen LogP contribution >= 0.6 is 0 Å². The summed E-state index contributed by atoms with van der Waals surface area (Å²) in [6.07, 6.45) is 1.99. The number of carbonyl (C=O) groups excluding carboxylic acids is 2. The number of rotatable bonds is 7. The average Bonchev–Trinajstić information content (AvgIpc) is 2.92. The minimum atomic E-state index is -0.189. The van der Waals surface area contributed by atoms with E-state index < -0.39 is 0 Å². The van der Waals surface area contributed by atoms with Gasteiger partial charge in [-0.1, -0.05) is 25.1 Å². The lowest BCUT2D eigenvalue weighted by molar-refractivity contribution is -0.131. The molecule has 0 unspecified atom stereocenters. The molecule has 2 fully saturated rings. The number of amides is 2. The number of anilines is 1. The fourth-order valence-electron chi connectivity index (χ4n) is 4.94. The van der Waals surface area contributed by atoms with Crippen LogP contribution in [0.1, 0.15) is 30.1 Å². The monoisotopic (exact) mass is 464 g/mol. The molecule has 2 aliphatic rings. The van der Waals surface area contributed by atoms with Crippen LogP contribution in [0.4, 0.5) is 5.69 Å². The van der Waals surface area contributed by atoms with E-state index in [4.69, 9.17) is 4.74 Å². The van der Waals surface area contributed by atoms with Crippen molar-refractivity contribution in [1.82, 2.24) is 14.7 Å². The SMILES string of the molecule is CCN1CCN(C2CCN(C(=O)CN(C(=O)c3ccc(OC)cc3)c3ccccc3)CC2)CC1. The first-order chi connectivity index (χ1) is 16.6. The van der Waals surface area contributed by atoms with Crippen LogP contribution in [0, 0.1) is 0 Å². The highest BCUT2D eigenvalue weighted by molar-refractivity contribution is 6.08. The summed E-state index contributed by atoms with van der Waals surface area (Å²) < 4.78 is 5.21. The van der Waals surface area contributed by atoms with E-state index in [1.165, 1.54) is 0 Å². The van der Waals surface area contributed by atoms with Gasteiger partial charge < -0.3 is 14.5 Å². The van der Waals surface area contributed by atoms with Crippen LogP contribution in [0.15, 0.2) is 54.6 Å². The van der Waals surface area contributed by atoms with Crippen LogP contribution in [0.25, 0.3) is 0 Å². The predicted octanol–water partition coefficient (Wildman–Crippen LogP) is 2.97. The lowest BCUT2D eigenvalue weighted by atomic mass is 10.0. The van der Waals surface area contributed by atoms with Gasteiger partial charge in [0.15, 0.2) is 0 Å². The number of likely N-dealkylation sites (N-methyl/N-ethyl adjacent to an activating group) is 1. The lowest BCUT2D eigenvalue weighted by Gasteiger charge is -2.42. The molecule has 34 heavy (non-hydrogen) atoms. The summed E-state index contributed by atoms with van der Waals surface area (Å²) in [6.45, 7) is 9.37. The molecular formula is C27H36N4O3. The molecule has 0 aliphatic carbocycles. The molecule has 2 aromatic rings. The first-order valence-corrected chi connectivity index (χ1v) is 12.3. The molecule has 0 aromatic heterocycles. The number of hydrogen-bond donors (Lipinski definition) is 0. The third-order valence-electron chi connectivity index (χ3n) is 7.13. The minimum Gasteiger partial charge on any atom is -0.497 e. The molecule has 2 heterocycles. The van der Waals surface area contributed by atoms with Gasteiger partial charge in [0.2, 0.25) is 5.91 Å². The van der Waals surface area contributed by atoms with E-state index in [0.29, 0.717) is 17.4 Å². The van der Waals surface area contributed by atoms with Gasteiger partial charge in [-0.2, -0.15) is 0 Å². The van der Waals surface area contributed by atoms with Crippen molar-refractivity contribution in [3.8, 4) is 5.75 Å². The maximum atomic E-state index is 13.4. The first kappa shape index (κ1) is 24.2. The van der Waals surface area contributed by atoms with Crippen LogP contribution in [-0.4, -0.2) is 92.0 Å². The third kappa shape index (κ3) is 5.77. The van der Waals surface area contributed by atoms with E-state index in [2.05, 4.69) is 16.7 Å². The highest BCUT2D eigenvalue weighted by Crippen LogP contribution is 2.22. The van der Waals surface area contributed by atoms with Crippen molar-refractivity contribution >= 4 is 17.5 Å². The molecule has 0 atom stereocenters. The van der Waals surface area contributed by atoms with E-state index >= 15 is 0 Å². The van der Waals surface area contributed by atoms with Gasteiger partial charge >= 0.3 is 0 Å². The Morgan fingerprint density at radius 3 is 2.15 bits per heavy atom. The Morgan fingerprint density at radius 2 is 1.56 bits per heavy atom. The first-order valence-electron chi connectivity index (χ1n) is 12.3. The lowest BCUT2D eigenvalue weighted by Crippen LogP contribution is -2.54. The van der Waals surface area contributed by atoms with Gasteiger partial charge in [-0.15, -0.1) is 0 Å². The summed E-state index contributed by atoms with van der Waals surface area (Å²) in [6, 6.07) is 17.0. The van der Waals surface area contributed by atoms with Crippen molar-refractivity contribution in [1.29, 1.82) is 0 Å². The van der Waals surface area contributed by atoms with Gasteiger partial charge in [0.1, 0.15) is 12.3 Å². The molecule has 2 aromatic carbocycles. The quantitative estimate of drug-likeness (QED) is 0.631. The highest BCUT2D eigenvalue weighted by atomic mass is 16.5. The Hall–Kier alpha value is -2.90. The maximum absolute atomic E-state index is 13.4. The van der Waals surface area contributed by atoms with E-state index in [-0.39, 0.29) is 18.4 Å². The molecule has 0 N–H and O–H groups in total. The Labute approximate surface area is 202 Å². The molecule has 2 amide bonds. The van der Waals surface area contributed by atoms with Crippen molar-refractivity contribution in [2.24, 2.45) is 0 Å².